The molecule has 0 aliphatic carbocycles. The monoisotopic (exact) mass is 831 g/mol. The number of benzene rings is 3. The van der Waals surface area contributed by atoms with Crippen LogP contribution in [0.4, 0.5) is 13.9 Å². The predicted molar refractivity (Wildman–Crippen MR) is 205 cm³/mol. The van der Waals surface area contributed by atoms with Crippen LogP contribution in [0.5, 0.6) is 11.5 Å². The van der Waals surface area contributed by atoms with Crippen molar-refractivity contribution in [2.75, 3.05) is 19.5 Å². The van der Waals surface area contributed by atoms with Gasteiger partial charge in [0.1, 0.15) is 59.6 Å². The van der Waals surface area contributed by atoms with Crippen molar-refractivity contribution in [3.8, 4) is 29.0 Å². The van der Waals surface area contributed by atoms with Gasteiger partial charge in [-0.05, 0) is 41.5 Å². The van der Waals surface area contributed by atoms with Gasteiger partial charge in [-0.15, -0.1) is 16.4 Å². The van der Waals surface area contributed by atoms with Crippen molar-refractivity contribution in [2.24, 2.45) is 0 Å². The van der Waals surface area contributed by atoms with Crippen LogP contribution in [0, 0.1) is 23.0 Å². The minimum atomic E-state index is -0.955. The van der Waals surface area contributed by atoms with Gasteiger partial charge in [0.25, 0.3) is 0 Å². The number of nitrogen functional groups attached to an aromatic ring is 1. The van der Waals surface area contributed by atoms with E-state index in [1.54, 1.807) is 53.7 Å². The van der Waals surface area contributed by atoms with E-state index in [-0.39, 0.29) is 31.1 Å². The first-order chi connectivity index (χ1) is 27.8. The van der Waals surface area contributed by atoms with Crippen molar-refractivity contribution in [3.63, 3.8) is 0 Å². The third-order valence-electron chi connectivity index (χ3n) is 9.19. The molecule has 0 saturated carbocycles. The molecule has 13 nitrogen and oxygen atoms in total. The lowest BCUT2D eigenvalue weighted by molar-refractivity contribution is -0.311. The molecule has 6 aromatic rings. The van der Waals surface area contributed by atoms with Crippen LogP contribution in [0.25, 0.3) is 11.4 Å². The first-order valence-corrected chi connectivity index (χ1v) is 19.6. The highest BCUT2D eigenvalue weighted by Gasteiger charge is 2.52. The van der Waals surface area contributed by atoms with E-state index in [1.165, 1.54) is 17.5 Å². The Morgan fingerprint density at radius 3 is 2.54 bits per heavy atom. The number of rotatable bonds is 12. The highest BCUT2D eigenvalue weighted by Crippen LogP contribution is 2.45. The maximum Gasteiger partial charge on any atom is 0.191 e. The van der Waals surface area contributed by atoms with Crippen molar-refractivity contribution >= 4 is 39.8 Å². The van der Waals surface area contributed by atoms with Gasteiger partial charge in [0, 0.05) is 22.0 Å². The van der Waals surface area contributed by atoms with Gasteiger partial charge in [0.2, 0.25) is 0 Å². The number of pyridine rings is 1. The number of anilines is 1. The standard InChI is InChI=1S/C39H32ClF2N7O6S2/c1-50-25-9-7-21(8-10-25)17-51-34-26(41)11-22(12-27(34)42)18-52-36-33(49-16-29(47-48-49)30-20-56-39(44)46-30)35-31(19-53-37(55-35)23-5-3-2-4-6-23)54-38(36)57-32-13-24(40)15-45-28(32)14-43/h2-13,15-16,20,31,33,35-38H,17-19H2,1H3,(H2,44,46)/t31?,33?,35-,36?,37?,38+/m0/s1. The van der Waals surface area contributed by atoms with Crippen molar-refractivity contribution in [3.05, 3.63) is 130 Å². The van der Waals surface area contributed by atoms with Crippen molar-refractivity contribution in [1.82, 2.24) is 25.0 Å². The summed E-state index contributed by atoms with van der Waals surface area (Å²) >= 11 is 8.75. The zero-order chi connectivity index (χ0) is 39.5. The largest absolute Gasteiger partial charge is 0.497 e. The molecular weight excluding hydrogens is 800 g/mol. The normalized spacial score (nSPS) is 21.7. The summed E-state index contributed by atoms with van der Waals surface area (Å²) in [4.78, 5) is 8.97. The molecule has 0 amide bonds. The minimum absolute atomic E-state index is 0.0691. The summed E-state index contributed by atoms with van der Waals surface area (Å²) in [6, 6.07) is 21.6. The number of halogens is 3. The highest BCUT2D eigenvalue weighted by atomic mass is 35.5. The molecule has 3 aromatic carbocycles. The van der Waals surface area contributed by atoms with E-state index < -0.39 is 53.5 Å². The van der Waals surface area contributed by atoms with Gasteiger partial charge in [-0.3, -0.25) is 0 Å². The fraction of sp³-hybridized carbons (Fsp3) is 0.256. The number of hydrogen-bond acceptors (Lipinski definition) is 14. The Kier molecular flexibility index (Phi) is 11.6. The second-order valence-electron chi connectivity index (χ2n) is 12.9. The van der Waals surface area contributed by atoms with Crippen LogP contribution in [0.1, 0.15) is 34.7 Å². The predicted octanol–water partition coefficient (Wildman–Crippen LogP) is 7.53. The van der Waals surface area contributed by atoms with E-state index >= 15 is 8.78 Å². The van der Waals surface area contributed by atoms with Crippen molar-refractivity contribution < 1.29 is 37.2 Å². The lowest BCUT2D eigenvalue weighted by atomic mass is 9.95. The smallest absolute Gasteiger partial charge is 0.191 e. The quantitative estimate of drug-likeness (QED) is 0.129. The van der Waals surface area contributed by atoms with Gasteiger partial charge in [0.15, 0.2) is 34.5 Å². The van der Waals surface area contributed by atoms with Gasteiger partial charge in [0.05, 0.1) is 31.5 Å². The number of nitrogens with zero attached hydrogens (tertiary/aromatic N) is 6. The Bertz CT molecular complexity index is 2360. The first-order valence-electron chi connectivity index (χ1n) is 17.4. The second-order valence-corrected chi connectivity index (χ2v) is 15.4. The van der Waals surface area contributed by atoms with E-state index in [1.807, 2.05) is 30.3 Å². The van der Waals surface area contributed by atoms with E-state index in [0.29, 0.717) is 37.8 Å². The summed E-state index contributed by atoms with van der Waals surface area (Å²) in [6.07, 6.45) is -0.0444. The molecule has 8 rings (SSSR count). The van der Waals surface area contributed by atoms with Crippen molar-refractivity contribution in [2.45, 2.75) is 54.2 Å². The molecule has 292 valence electrons. The number of fused-ring (bicyclic) bond motifs is 1. The Labute approximate surface area is 338 Å². The molecule has 2 saturated heterocycles. The van der Waals surface area contributed by atoms with Gasteiger partial charge in [-0.25, -0.2) is 23.4 Å². The number of nitrogens with two attached hydrogens (primary N) is 1. The number of thiazole rings is 1. The molecule has 6 atom stereocenters. The highest BCUT2D eigenvalue weighted by molar-refractivity contribution is 7.99. The van der Waals surface area contributed by atoms with Gasteiger partial charge >= 0.3 is 0 Å². The van der Waals surface area contributed by atoms with E-state index in [4.69, 9.17) is 45.8 Å². The zero-order valence-electron chi connectivity index (χ0n) is 29.9. The maximum absolute atomic E-state index is 15.5. The number of aromatic nitrogens is 5. The minimum Gasteiger partial charge on any atom is -0.497 e. The van der Waals surface area contributed by atoms with Crippen LogP contribution < -0.4 is 15.2 Å². The van der Waals surface area contributed by atoms with Crippen LogP contribution in [0.3, 0.4) is 0 Å². The number of hydrogen-bond donors (Lipinski definition) is 1. The molecular formula is C39H32ClF2N7O6S2. The molecule has 2 aliphatic heterocycles. The Hall–Kier alpha value is -5.19. The molecule has 2 aliphatic rings. The third-order valence-corrected chi connectivity index (χ3v) is 11.2. The Morgan fingerprint density at radius 1 is 1.04 bits per heavy atom. The first kappa shape index (κ1) is 38.7. The topological polar surface area (TPSA) is 162 Å². The molecule has 2 N–H and O–H groups in total. The lowest BCUT2D eigenvalue weighted by Gasteiger charge is -2.49. The van der Waals surface area contributed by atoms with E-state index in [9.17, 15) is 5.26 Å². The fourth-order valence-corrected chi connectivity index (χ4v) is 8.49. The number of thioether (sulfide) groups is 1. The molecule has 57 heavy (non-hydrogen) atoms. The Balaban J connectivity index is 1.13. The molecule has 18 heteroatoms. The summed E-state index contributed by atoms with van der Waals surface area (Å²) in [7, 11) is 1.55. The SMILES string of the molecule is COc1ccc(COc2c(F)cc(COC3C(n4cc(-c5csc(N)n5)nn4)[C@H]4OC(c5ccccc5)OCC4O[C@@H]3Sc3cc(Cl)cnc3C#N)cc2F)cc1. The van der Waals surface area contributed by atoms with Gasteiger partial charge in [-0.1, -0.05) is 71.0 Å². The summed E-state index contributed by atoms with van der Waals surface area (Å²) in [5, 5.41) is 21.2. The summed E-state index contributed by atoms with van der Waals surface area (Å²) in [6.45, 7) is -0.213. The van der Waals surface area contributed by atoms with Crippen LogP contribution in [0.15, 0.2) is 95.5 Å². The van der Waals surface area contributed by atoms with E-state index in [2.05, 4.69) is 26.3 Å². The van der Waals surface area contributed by atoms with E-state index in [0.717, 1.165) is 29.5 Å². The molecule has 0 spiro atoms. The maximum atomic E-state index is 15.5. The van der Waals surface area contributed by atoms with Gasteiger partial charge < -0.3 is 34.2 Å². The molecule has 2 fully saturated rings. The van der Waals surface area contributed by atoms with Crippen LogP contribution in [-0.2, 0) is 32.2 Å². The number of ether oxygens (including phenoxy) is 6. The average molecular weight is 832 g/mol. The van der Waals surface area contributed by atoms with Crippen molar-refractivity contribution in [1.29, 1.82) is 5.26 Å². The van der Waals surface area contributed by atoms with Crippen LogP contribution in [0.2, 0.25) is 5.02 Å². The molecule has 4 unspecified atom stereocenters. The molecule has 5 heterocycles. The summed E-state index contributed by atoms with van der Waals surface area (Å²) in [5.41, 5.74) is 7.79. The third kappa shape index (κ3) is 8.58. The fourth-order valence-electron chi connectivity index (χ4n) is 6.49. The average Bonchev–Trinajstić information content (AvgIpc) is 3.89. The lowest BCUT2D eigenvalue weighted by Crippen LogP contribution is -2.59. The van der Waals surface area contributed by atoms with Crippen LogP contribution in [-0.4, -0.2) is 62.4 Å². The second kappa shape index (κ2) is 17.1. The summed E-state index contributed by atoms with van der Waals surface area (Å²) in [5.74, 6) is -1.70. The summed E-state index contributed by atoms with van der Waals surface area (Å²) < 4.78 is 69.5. The zero-order valence-corrected chi connectivity index (χ0v) is 32.3. The Morgan fingerprint density at radius 2 is 1.82 bits per heavy atom. The molecule has 0 radical (unpaired) electrons. The molecule has 3 aromatic heterocycles. The number of methoxy groups -OCH3 is 1. The number of nitriles is 1. The molecule has 0 bridgehead atoms. The van der Waals surface area contributed by atoms with Crippen LogP contribution >= 0.6 is 34.7 Å². The van der Waals surface area contributed by atoms with Gasteiger partial charge in [-0.2, -0.15) is 5.26 Å².